The van der Waals surface area contributed by atoms with Gasteiger partial charge in [-0.25, -0.2) is 4.79 Å². The molecule has 0 aromatic heterocycles. The molecule has 0 saturated carbocycles. The van der Waals surface area contributed by atoms with E-state index in [0.717, 1.165) is 30.8 Å². The lowest BCUT2D eigenvalue weighted by Gasteiger charge is -2.25. The number of carbonyl (C=O) groups excluding carboxylic acids is 1. The highest BCUT2D eigenvalue weighted by Crippen LogP contribution is 2.26. The fourth-order valence-electron chi connectivity index (χ4n) is 2.97. The summed E-state index contributed by atoms with van der Waals surface area (Å²) in [5, 5.41) is 3.35. The first kappa shape index (κ1) is 13.2. The minimum atomic E-state index is -0.197. The zero-order valence-corrected chi connectivity index (χ0v) is 11.7. The molecule has 1 aromatic rings. The van der Waals surface area contributed by atoms with Gasteiger partial charge < -0.3 is 14.8 Å². The summed E-state index contributed by atoms with van der Waals surface area (Å²) in [6.07, 6.45) is 0.915. The van der Waals surface area contributed by atoms with Gasteiger partial charge in [0.05, 0.1) is 13.2 Å². The van der Waals surface area contributed by atoms with Crippen molar-refractivity contribution in [3.05, 3.63) is 29.8 Å². The second kappa shape index (κ2) is 5.71. The fraction of sp³-hybridized carbons (Fsp3) is 0.533. The molecule has 0 aliphatic carbocycles. The van der Waals surface area contributed by atoms with Crippen molar-refractivity contribution in [1.82, 2.24) is 10.2 Å². The van der Waals surface area contributed by atoms with Crippen molar-refractivity contribution in [2.45, 2.75) is 19.0 Å². The molecule has 2 atom stereocenters. The Morgan fingerprint density at radius 3 is 2.85 bits per heavy atom. The molecule has 2 aliphatic heterocycles. The molecule has 0 radical (unpaired) electrons. The van der Waals surface area contributed by atoms with Crippen molar-refractivity contribution in [3.63, 3.8) is 0 Å². The monoisotopic (exact) mass is 276 g/mol. The molecule has 0 bridgehead atoms. The summed E-state index contributed by atoms with van der Waals surface area (Å²) in [6.45, 7) is 3.12. The Hall–Kier alpha value is -1.75. The van der Waals surface area contributed by atoms with E-state index in [9.17, 15) is 4.79 Å². The van der Waals surface area contributed by atoms with Crippen LogP contribution in [0.4, 0.5) is 4.79 Å². The van der Waals surface area contributed by atoms with Crippen LogP contribution in [0.25, 0.3) is 0 Å². The summed E-state index contributed by atoms with van der Waals surface area (Å²) >= 11 is 0. The van der Waals surface area contributed by atoms with E-state index in [-0.39, 0.29) is 12.1 Å². The quantitative estimate of drug-likeness (QED) is 0.908. The van der Waals surface area contributed by atoms with Gasteiger partial charge in [0, 0.05) is 13.1 Å². The van der Waals surface area contributed by atoms with Crippen LogP contribution < -0.4 is 10.1 Å². The summed E-state index contributed by atoms with van der Waals surface area (Å²) < 4.78 is 10.4. The summed E-state index contributed by atoms with van der Waals surface area (Å²) in [5.41, 5.74) is 1.10. The standard InChI is InChI=1S/C15H20N2O3/c1-19-13-4-2-11(3-5-13)9-17-14(10-20-15(17)18)12-6-7-16-8-12/h2-5,12,14,16H,6-10H2,1H3. The molecule has 2 aliphatic rings. The summed E-state index contributed by atoms with van der Waals surface area (Å²) in [6, 6.07) is 8.02. The number of rotatable bonds is 4. The van der Waals surface area contributed by atoms with Crippen molar-refractivity contribution in [2.24, 2.45) is 5.92 Å². The first-order valence-electron chi connectivity index (χ1n) is 7.05. The third kappa shape index (κ3) is 2.58. The second-order valence-electron chi connectivity index (χ2n) is 5.37. The number of nitrogens with one attached hydrogen (secondary N) is 1. The molecule has 3 rings (SSSR count). The number of amides is 1. The lowest BCUT2D eigenvalue weighted by Crippen LogP contribution is -2.39. The van der Waals surface area contributed by atoms with Crippen LogP contribution in [0.1, 0.15) is 12.0 Å². The van der Waals surface area contributed by atoms with Gasteiger partial charge in [0.15, 0.2) is 0 Å². The Morgan fingerprint density at radius 2 is 2.20 bits per heavy atom. The van der Waals surface area contributed by atoms with Gasteiger partial charge in [0.2, 0.25) is 0 Å². The summed E-state index contributed by atoms with van der Waals surface area (Å²) in [7, 11) is 1.65. The minimum Gasteiger partial charge on any atom is -0.497 e. The number of hydrogen-bond donors (Lipinski definition) is 1. The van der Waals surface area contributed by atoms with Gasteiger partial charge in [-0.3, -0.25) is 4.90 Å². The van der Waals surface area contributed by atoms with E-state index in [1.807, 2.05) is 29.2 Å². The van der Waals surface area contributed by atoms with E-state index < -0.39 is 0 Å². The van der Waals surface area contributed by atoms with Crippen LogP contribution in [-0.2, 0) is 11.3 Å². The van der Waals surface area contributed by atoms with E-state index >= 15 is 0 Å². The van der Waals surface area contributed by atoms with E-state index in [0.29, 0.717) is 19.1 Å². The highest BCUT2D eigenvalue weighted by molar-refractivity contribution is 5.70. The van der Waals surface area contributed by atoms with Crippen LogP contribution in [0.2, 0.25) is 0 Å². The van der Waals surface area contributed by atoms with Crippen molar-refractivity contribution < 1.29 is 14.3 Å². The minimum absolute atomic E-state index is 0.194. The Labute approximate surface area is 118 Å². The maximum absolute atomic E-state index is 11.9. The second-order valence-corrected chi connectivity index (χ2v) is 5.37. The Balaban J connectivity index is 1.70. The first-order chi connectivity index (χ1) is 9.78. The third-order valence-corrected chi connectivity index (χ3v) is 4.17. The number of nitrogens with zero attached hydrogens (tertiary/aromatic N) is 1. The van der Waals surface area contributed by atoms with E-state index in [1.54, 1.807) is 7.11 Å². The first-order valence-corrected chi connectivity index (χ1v) is 7.05. The highest BCUT2D eigenvalue weighted by Gasteiger charge is 2.39. The van der Waals surface area contributed by atoms with Gasteiger partial charge in [0.25, 0.3) is 0 Å². The van der Waals surface area contributed by atoms with Gasteiger partial charge in [0.1, 0.15) is 12.4 Å². The topological polar surface area (TPSA) is 50.8 Å². The van der Waals surface area contributed by atoms with Crippen molar-refractivity contribution in [2.75, 3.05) is 26.8 Å². The summed E-state index contributed by atoms with van der Waals surface area (Å²) in [5.74, 6) is 1.33. The summed E-state index contributed by atoms with van der Waals surface area (Å²) in [4.78, 5) is 13.8. The molecule has 2 heterocycles. The molecule has 2 unspecified atom stereocenters. The maximum atomic E-state index is 11.9. The zero-order valence-electron chi connectivity index (χ0n) is 11.7. The number of ether oxygens (including phenoxy) is 2. The number of cyclic esters (lactones) is 1. The van der Waals surface area contributed by atoms with Crippen LogP contribution in [0, 0.1) is 5.92 Å². The zero-order chi connectivity index (χ0) is 13.9. The molecule has 2 fully saturated rings. The molecular weight excluding hydrogens is 256 g/mol. The van der Waals surface area contributed by atoms with E-state index in [1.165, 1.54) is 0 Å². The number of hydrogen-bond acceptors (Lipinski definition) is 4. The predicted molar refractivity (Wildman–Crippen MR) is 74.6 cm³/mol. The van der Waals surface area contributed by atoms with Crippen molar-refractivity contribution in [1.29, 1.82) is 0 Å². The van der Waals surface area contributed by atoms with Gasteiger partial charge in [-0.1, -0.05) is 12.1 Å². The molecule has 1 N–H and O–H groups in total. The number of carbonyl (C=O) groups is 1. The molecule has 5 heteroatoms. The van der Waals surface area contributed by atoms with E-state index in [4.69, 9.17) is 9.47 Å². The predicted octanol–water partition coefficient (Wildman–Crippen LogP) is 1.63. The van der Waals surface area contributed by atoms with Crippen LogP contribution >= 0.6 is 0 Å². The third-order valence-electron chi connectivity index (χ3n) is 4.17. The Bertz CT molecular complexity index is 469. The average Bonchev–Trinajstić information content (AvgIpc) is 3.11. The van der Waals surface area contributed by atoms with Gasteiger partial charge in [-0.05, 0) is 36.6 Å². The fourth-order valence-corrected chi connectivity index (χ4v) is 2.97. The highest BCUT2D eigenvalue weighted by atomic mass is 16.6. The normalized spacial score (nSPS) is 25.9. The Morgan fingerprint density at radius 1 is 1.40 bits per heavy atom. The molecular formula is C15H20N2O3. The number of benzene rings is 1. The smallest absolute Gasteiger partial charge is 0.410 e. The van der Waals surface area contributed by atoms with E-state index in [2.05, 4.69) is 5.32 Å². The maximum Gasteiger partial charge on any atom is 0.410 e. The van der Waals surface area contributed by atoms with Crippen LogP contribution in [-0.4, -0.2) is 43.8 Å². The lowest BCUT2D eigenvalue weighted by molar-refractivity contribution is 0.154. The molecule has 5 nitrogen and oxygen atoms in total. The molecule has 20 heavy (non-hydrogen) atoms. The van der Waals surface area contributed by atoms with Crippen LogP contribution in [0.3, 0.4) is 0 Å². The number of methoxy groups -OCH3 is 1. The molecule has 0 spiro atoms. The SMILES string of the molecule is COc1ccc(CN2C(=O)OCC2C2CCNC2)cc1. The van der Waals surface area contributed by atoms with Gasteiger partial charge >= 0.3 is 6.09 Å². The molecule has 2 saturated heterocycles. The van der Waals surface area contributed by atoms with Crippen molar-refractivity contribution in [3.8, 4) is 5.75 Å². The van der Waals surface area contributed by atoms with Crippen LogP contribution in [0.5, 0.6) is 5.75 Å². The van der Waals surface area contributed by atoms with Gasteiger partial charge in [-0.2, -0.15) is 0 Å². The molecule has 108 valence electrons. The average molecular weight is 276 g/mol. The van der Waals surface area contributed by atoms with Gasteiger partial charge in [-0.15, -0.1) is 0 Å². The Kier molecular flexibility index (Phi) is 3.78. The van der Waals surface area contributed by atoms with Crippen LogP contribution in [0.15, 0.2) is 24.3 Å². The molecule has 1 aromatic carbocycles. The van der Waals surface area contributed by atoms with Crippen molar-refractivity contribution >= 4 is 6.09 Å². The largest absolute Gasteiger partial charge is 0.497 e. The molecule has 1 amide bonds. The lowest BCUT2D eigenvalue weighted by atomic mass is 9.98.